The van der Waals surface area contributed by atoms with Gasteiger partial charge in [-0.15, -0.1) is 13.2 Å². The van der Waals surface area contributed by atoms with E-state index in [1.165, 1.54) is 0 Å². The highest BCUT2D eigenvalue weighted by Gasteiger charge is 2.27. The number of aliphatic hydroxyl groups is 1. The number of aliphatic hydroxyl groups excluding tert-OH is 1. The predicted molar refractivity (Wildman–Crippen MR) is 200 cm³/mol. The lowest BCUT2D eigenvalue weighted by Crippen LogP contribution is -2.42. The molecule has 0 aromatic heterocycles. The minimum Gasteiger partial charge on any atom is -0.489 e. The lowest BCUT2D eigenvalue weighted by Gasteiger charge is -2.24. The van der Waals surface area contributed by atoms with Gasteiger partial charge in [0.15, 0.2) is 0 Å². The van der Waals surface area contributed by atoms with E-state index in [1.54, 1.807) is 12.2 Å². The molecule has 4 aromatic rings. The number of amides is 2. The Balaban J connectivity index is 1.33. The Morgan fingerprint density at radius 1 is 0.686 bits per heavy atom. The van der Waals surface area contributed by atoms with E-state index in [2.05, 4.69) is 23.8 Å². The number of ether oxygens (including phenoxy) is 2. The smallest absolute Gasteiger partial charge is 0.309 e. The Labute approximate surface area is 301 Å². The molecule has 0 unspecified atom stereocenters. The van der Waals surface area contributed by atoms with E-state index in [4.69, 9.17) is 9.47 Å². The fourth-order valence-electron chi connectivity index (χ4n) is 5.75. The summed E-state index contributed by atoms with van der Waals surface area (Å²) >= 11 is 0. The van der Waals surface area contributed by atoms with Crippen LogP contribution in [0.25, 0.3) is 0 Å². The average molecular weight is 689 g/mol. The van der Waals surface area contributed by atoms with Crippen LogP contribution in [-0.4, -0.2) is 42.1 Å². The van der Waals surface area contributed by atoms with E-state index in [-0.39, 0.29) is 43.8 Å². The van der Waals surface area contributed by atoms with Crippen LogP contribution in [-0.2, 0) is 38.6 Å². The van der Waals surface area contributed by atoms with Crippen LogP contribution < -0.4 is 15.4 Å². The van der Waals surface area contributed by atoms with E-state index in [9.17, 15) is 19.5 Å². The molecule has 3 N–H and O–H groups in total. The zero-order valence-electron chi connectivity index (χ0n) is 29.0. The van der Waals surface area contributed by atoms with Crippen molar-refractivity contribution in [1.82, 2.24) is 10.6 Å². The van der Waals surface area contributed by atoms with Crippen molar-refractivity contribution >= 4 is 17.8 Å². The van der Waals surface area contributed by atoms with E-state index < -0.39 is 23.9 Å². The zero-order valence-corrected chi connectivity index (χ0v) is 29.0. The molecule has 0 spiro atoms. The van der Waals surface area contributed by atoms with Crippen molar-refractivity contribution in [3.63, 3.8) is 0 Å². The van der Waals surface area contributed by atoms with Gasteiger partial charge in [0, 0.05) is 6.42 Å². The molecule has 0 aliphatic carbocycles. The van der Waals surface area contributed by atoms with Gasteiger partial charge in [-0.1, -0.05) is 115 Å². The standard InChI is InChI=1S/C43H48N2O6/c1-3-14-36(28-41(47)44-38(29-46)27-33-22-24-39(25-23-33)50-30-34-18-10-6-11-19-34)42(48)45-40(35-20-12-7-13-21-35)31-51-43(49)37(15-4-2)26-32-16-8-5-9-17-32/h3-13,16-25,36-38,40,46H,1-2,14-15,26-31H2,(H,44,47)(H,45,48)/t36-,37-,38-,40+/m0/s1. The second-order valence-corrected chi connectivity index (χ2v) is 12.5. The van der Waals surface area contributed by atoms with Crippen molar-refractivity contribution in [3.8, 4) is 5.75 Å². The second kappa shape index (κ2) is 20.9. The topological polar surface area (TPSA) is 114 Å². The summed E-state index contributed by atoms with van der Waals surface area (Å²) in [5, 5.41) is 16.0. The molecule has 0 heterocycles. The van der Waals surface area contributed by atoms with Crippen molar-refractivity contribution in [1.29, 1.82) is 0 Å². The van der Waals surface area contributed by atoms with Gasteiger partial charge >= 0.3 is 5.97 Å². The molecule has 51 heavy (non-hydrogen) atoms. The Hall–Kier alpha value is -5.47. The zero-order chi connectivity index (χ0) is 36.3. The molecule has 0 bridgehead atoms. The molecule has 8 nitrogen and oxygen atoms in total. The highest BCUT2D eigenvalue weighted by atomic mass is 16.5. The molecule has 4 atom stereocenters. The summed E-state index contributed by atoms with van der Waals surface area (Å²) < 4.78 is 11.7. The summed E-state index contributed by atoms with van der Waals surface area (Å²) in [6.07, 6.45) is 4.81. The number of hydrogen-bond donors (Lipinski definition) is 3. The SMILES string of the molecule is C=CC[C@@H](CC(=O)N[C@H](CO)Cc1ccc(OCc2ccccc2)cc1)C(=O)N[C@H](COC(=O)[C@@H](CC=C)Cc1ccccc1)c1ccccc1. The van der Waals surface area contributed by atoms with E-state index >= 15 is 0 Å². The summed E-state index contributed by atoms with van der Waals surface area (Å²) in [5.74, 6) is -1.53. The lowest BCUT2D eigenvalue weighted by atomic mass is 9.96. The van der Waals surface area contributed by atoms with E-state index in [1.807, 2.05) is 115 Å². The third kappa shape index (κ3) is 13.1. The Morgan fingerprint density at radius 2 is 1.25 bits per heavy atom. The molecular weight excluding hydrogens is 640 g/mol. The lowest BCUT2D eigenvalue weighted by molar-refractivity contribution is -0.150. The number of hydrogen-bond acceptors (Lipinski definition) is 6. The molecule has 0 fully saturated rings. The minimum atomic E-state index is -0.726. The highest BCUT2D eigenvalue weighted by molar-refractivity contribution is 5.86. The van der Waals surface area contributed by atoms with Crippen LogP contribution in [0, 0.1) is 11.8 Å². The van der Waals surface area contributed by atoms with Gasteiger partial charge in [0.1, 0.15) is 19.0 Å². The molecule has 0 radical (unpaired) electrons. The number of benzene rings is 4. The summed E-state index contributed by atoms with van der Waals surface area (Å²) in [5.41, 5.74) is 3.77. The second-order valence-electron chi connectivity index (χ2n) is 12.5. The highest BCUT2D eigenvalue weighted by Crippen LogP contribution is 2.21. The number of rotatable bonds is 21. The molecule has 2 amide bonds. The Morgan fingerprint density at radius 3 is 1.86 bits per heavy atom. The number of carbonyl (C=O) groups is 3. The summed E-state index contributed by atoms with van der Waals surface area (Å²) in [6, 6.07) is 35.2. The van der Waals surface area contributed by atoms with Crippen molar-refractivity contribution in [2.45, 2.75) is 50.8 Å². The quantitative estimate of drug-likeness (QED) is 0.0663. The molecule has 0 saturated carbocycles. The number of nitrogens with one attached hydrogen (secondary N) is 2. The van der Waals surface area contributed by atoms with Gasteiger partial charge in [-0.25, -0.2) is 0 Å². The van der Waals surface area contributed by atoms with Crippen LogP contribution in [0.3, 0.4) is 0 Å². The Kier molecular flexibility index (Phi) is 15.7. The molecule has 0 aliphatic heterocycles. The van der Waals surface area contributed by atoms with Crippen LogP contribution in [0.15, 0.2) is 141 Å². The Bertz CT molecular complexity index is 1660. The van der Waals surface area contributed by atoms with Crippen molar-refractivity contribution in [3.05, 3.63) is 163 Å². The van der Waals surface area contributed by atoms with Crippen molar-refractivity contribution < 1.29 is 29.0 Å². The fraction of sp³-hybridized carbons (Fsp3) is 0.279. The minimum absolute atomic E-state index is 0.0767. The van der Waals surface area contributed by atoms with Crippen LogP contribution in [0.2, 0.25) is 0 Å². The van der Waals surface area contributed by atoms with Gasteiger partial charge in [0.25, 0.3) is 0 Å². The molecular formula is C43H48N2O6. The van der Waals surface area contributed by atoms with E-state index in [0.29, 0.717) is 25.9 Å². The van der Waals surface area contributed by atoms with Gasteiger partial charge in [-0.3, -0.25) is 14.4 Å². The molecule has 266 valence electrons. The molecule has 0 aliphatic rings. The van der Waals surface area contributed by atoms with Gasteiger partial charge < -0.3 is 25.2 Å². The molecule has 0 saturated heterocycles. The average Bonchev–Trinajstić information content (AvgIpc) is 3.16. The maximum absolute atomic E-state index is 13.6. The van der Waals surface area contributed by atoms with Crippen LogP contribution in [0.1, 0.15) is 47.6 Å². The summed E-state index contributed by atoms with van der Waals surface area (Å²) in [4.78, 5) is 40.1. The van der Waals surface area contributed by atoms with Crippen LogP contribution in [0.4, 0.5) is 0 Å². The summed E-state index contributed by atoms with van der Waals surface area (Å²) in [7, 11) is 0. The number of esters is 1. The number of allylic oxidation sites excluding steroid dienone is 2. The first-order chi connectivity index (χ1) is 24.9. The molecule has 4 rings (SSSR count). The van der Waals surface area contributed by atoms with Gasteiger partial charge in [0.05, 0.1) is 30.5 Å². The largest absolute Gasteiger partial charge is 0.489 e. The third-order valence-electron chi connectivity index (χ3n) is 8.51. The van der Waals surface area contributed by atoms with Gasteiger partial charge in [-0.2, -0.15) is 0 Å². The van der Waals surface area contributed by atoms with Crippen molar-refractivity contribution in [2.75, 3.05) is 13.2 Å². The third-order valence-corrected chi connectivity index (χ3v) is 8.51. The predicted octanol–water partition coefficient (Wildman–Crippen LogP) is 6.70. The van der Waals surface area contributed by atoms with Crippen LogP contribution in [0.5, 0.6) is 5.75 Å². The number of carbonyl (C=O) groups excluding carboxylic acids is 3. The normalized spacial score (nSPS) is 13.1. The first kappa shape index (κ1) is 38.3. The molecule has 8 heteroatoms. The fourth-order valence-corrected chi connectivity index (χ4v) is 5.75. The first-order valence-electron chi connectivity index (χ1n) is 17.3. The van der Waals surface area contributed by atoms with Crippen molar-refractivity contribution in [2.24, 2.45) is 11.8 Å². The summed E-state index contributed by atoms with van der Waals surface area (Å²) in [6.45, 7) is 7.70. The maximum Gasteiger partial charge on any atom is 0.309 e. The van der Waals surface area contributed by atoms with Gasteiger partial charge in [0.2, 0.25) is 11.8 Å². The van der Waals surface area contributed by atoms with Gasteiger partial charge in [-0.05, 0) is 60.1 Å². The monoisotopic (exact) mass is 688 g/mol. The van der Waals surface area contributed by atoms with E-state index in [0.717, 1.165) is 28.0 Å². The van der Waals surface area contributed by atoms with Crippen LogP contribution >= 0.6 is 0 Å². The first-order valence-corrected chi connectivity index (χ1v) is 17.3. The maximum atomic E-state index is 13.6. The molecule has 4 aromatic carbocycles.